The molecule has 8 N–H and O–H groups in total. The molecule has 166 valence electrons. The van der Waals surface area contributed by atoms with E-state index in [1.165, 1.54) is 0 Å². The molecule has 0 radical (unpaired) electrons. The molecule has 0 heterocycles. The summed E-state index contributed by atoms with van der Waals surface area (Å²) in [7, 11) is 0. The first-order valence-electron chi connectivity index (χ1n) is 9.58. The number of carboxylic acid groups (broad SMARTS) is 1. The van der Waals surface area contributed by atoms with Crippen molar-refractivity contribution >= 4 is 29.6 Å². The van der Waals surface area contributed by atoms with Gasteiger partial charge in [-0.1, -0.05) is 40.5 Å². The third-order valence-corrected chi connectivity index (χ3v) is 4.77. The Hall–Kier alpha value is -2.69. The first-order chi connectivity index (χ1) is 13.4. The molecule has 0 bridgehead atoms. The summed E-state index contributed by atoms with van der Waals surface area (Å²) in [6, 6.07) is -3.24. The summed E-state index contributed by atoms with van der Waals surface area (Å²) in [5.41, 5.74) is 10.4. The van der Waals surface area contributed by atoms with Gasteiger partial charge in [-0.2, -0.15) is 0 Å². The number of carbonyl (C=O) groups excluding carboxylic acids is 4. The minimum absolute atomic E-state index is 0.279. The zero-order chi connectivity index (χ0) is 22.7. The van der Waals surface area contributed by atoms with Crippen LogP contribution in [0.15, 0.2) is 0 Å². The van der Waals surface area contributed by atoms with Crippen LogP contribution < -0.4 is 27.4 Å². The molecule has 0 aliphatic carbocycles. The Balaban J connectivity index is 5.00. The van der Waals surface area contributed by atoms with Crippen molar-refractivity contribution in [3.63, 3.8) is 0 Å². The lowest BCUT2D eigenvalue weighted by Crippen LogP contribution is -2.57. The number of hydrogen-bond donors (Lipinski definition) is 6. The average Bonchev–Trinajstić information content (AvgIpc) is 2.65. The molecule has 5 atom stereocenters. The molecule has 0 saturated carbocycles. The van der Waals surface area contributed by atoms with Crippen LogP contribution in [0, 0.1) is 11.8 Å². The third-order valence-electron chi connectivity index (χ3n) is 4.77. The number of primary amides is 1. The van der Waals surface area contributed by atoms with Crippen molar-refractivity contribution in [1.29, 1.82) is 0 Å². The van der Waals surface area contributed by atoms with Crippen molar-refractivity contribution in [2.24, 2.45) is 23.3 Å². The first kappa shape index (κ1) is 26.3. The third kappa shape index (κ3) is 9.37. The monoisotopic (exact) mass is 415 g/mol. The molecule has 4 amide bonds. The van der Waals surface area contributed by atoms with E-state index >= 15 is 0 Å². The van der Waals surface area contributed by atoms with Gasteiger partial charge in [-0.05, 0) is 11.8 Å². The molecule has 0 spiro atoms. The van der Waals surface area contributed by atoms with Gasteiger partial charge >= 0.3 is 5.97 Å². The maximum absolute atomic E-state index is 12.6. The van der Waals surface area contributed by atoms with Crippen LogP contribution in [0.25, 0.3) is 0 Å². The molecular formula is C18H33N5O6. The molecule has 0 aromatic rings. The van der Waals surface area contributed by atoms with Crippen LogP contribution in [0.3, 0.4) is 0 Å². The van der Waals surface area contributed by atoms with Gasteiger partial charge in [0.1, 0.15) is 12.1 Å². The van der Waals surface area contributed by atoms with Crippen LogP contribution in [0.4, 0.5) is 0 Å². The Labute approximate surface area is 170 Å². The SMILES string of the molecule is CCC(C)C(NC(=O)C(NC(=O)CNC(=O)C(N)CC(N)=O)C(C)CC)C(=O)O. The molecule has 0 rings (SSSR count). The van der Waals surface area contributed by atoms with E-state index in [-0.39, 0.29) is 18.3 Å². The van der Waals surface area contributed by atoms with Crippen molar-refractivity contribution in [1.82, 2.24) is 16.0 Å². The lowest BCUT2D eigenvalue weighted by atomic mass is 9.95. The minimum atomic E-state index is -1.18. The van der Waals surface area contributed by atoms with Gasteiger partial charge in [0.25, 0.3) is 0 Å². The van der Waals surface area contributed by atoms with Crippen LogP contribution in [0.5, 0.6) is 0 Å². The molecule has 5 unspecified atom stereocenters. The molecule has 0 saturated heterocycles. The zero-order valence-corrected chi connectivity index (χ0v) is 17.4. The number of aliphatic carboxylic acids is 1. The highest BCUT2D eigenvalue weighted by Crippen LogP contribution is 2.12. The van der Waals surface area contributed by atoms with Crippen molar-refractivity contribution in [3.05, 3.63) is 0 Å². The second-order valence-electron chi connectivity index (χ2n) is 7.14. The van der Waals surface area contributed by atoms with E-state index in [0.717, 1.165) is 0 Å². The Bertz CT molecular complexity index is 612. The number of nitrogens with one attached hydrogen (secondary N) is 3. The summed E-state index contributed by atoms with van der Waals surface area (Å²) >= 11 is 0. The van der Waals surface area contributed by atoms with Crippen LogP contribution in [-0.4, -0.2) is 59.4 Å². The van der Waals surface area contributed by atoms with Gasteiger partial charge in [0, 0.05) is 0 Å². The Kier molecular flexibility index (Phi) is 11.5. The first-order valence-corrected chi connectivity index (χ1v) is 9.58. The quantitative estimate of drug-likeness (QED) is 0.209. The summed E-state index contributed by atoms with van der Waals surface area (Å²) in [5, 5.41) is 16.6. The molecular weight excluding hydrogens is 382 g/mol. The highest BCUT2D eigenvalue weighted by Gasteiger charge is 2.32. The molecule has 0 fully saturated rings. The summed E-state index contributed by atoms with van der Waals surface area (Å²) in [6.07, 6.45) is 0.738. The van der Waals surface area contributed by atoms with E-state index in [2.05, 4.69) is 16.0 Å². The highest BCUT2D eigenvalue weighted by atomic mass is 16.4. The molecule has 0 aromatic heterocycles. The van der Waals surface area contributed by atoms with E-state index < -0.39 is 54.3 Å². The predicted octanol–water partition coefficient (Wildman–Crippen LogP) is -1.55. The normalized spacial score (nSPS) is 15.9. The second-order valence-corrected chi connectivity index (χ2v) is 7.14. The number of amides is 4. The van der Waals surface area contributed by atoms with Crippen molar-refractivity contribution in [2.45, 2.75) is 65.1 Å². The lowest BCUT2D eigenvalue weighted by Gasteiger charge is -2.27. The smallest absolute Gasteiger partial charge is 0.326 e. The van der Waals surface area contributed by atoms with Crippen LogP contribution in [-0.2, 0) is 24.0 Å². The van der Waals surface area contributed by atoms with E-state index in [0.29, 0.717) is 12.8 Å². The maximum Gasteiger partial charge on any atom is 0.326 e. The van der Waals surface area contributed by atoms with Gasteiger partial charge < -0.3 is 32.5 Å². The Morgan fingerprint density at radius 1 is 0.897 bits per heavy atom. The van der Waals surface area contributed by atoms with Crippen LogP contribution >= 0.6 is 0 Å². The number of carboxylic acids is 1. The molecule has 11 nitrogen and oxygen atoms in total. The second kappa shape index (κ2) is 12.7. The van der Waals surface area contributed by atoms with Gasteiger partial charge in [0.2, 0.25) is 23.6 Å². The van der Waals surface area contributed by atoms with Gasteiger partial charge in [0.15, 0.2) is 0 Å². The number of carbonyl (C=O) groups is 5. The van der Waals surface area contributed by atoms with Gasteiger partial charge in [0.05, 0.1) is 19.0 Å². The van der Waals surface area contributed by atoms with Crippen molar-refractivity contribution in [2.75, 3.05) is 6.54 Å². The summed E-state index contributed by atoms with van der Waals surface area (Å²) in [4.78, 5) is 58.8. The minimum Gasteiger partial charge on any atom is -0.480 e. The fourth-order valence-corrected chi connectivity index (χ4v) is 2.46. The molecule has 0 aliphatic rings. The van der Waals surface area contributed by atoms with E-state index in [1.807, 2.05) is 13.8 Å². The van der Waals surface area contributed by atoms with E-state index in [4.69, 9.17) is 11.5 Å². The predicted molar refractivity (Wildman–Crippen MR) is 105 cm³/mol. The fraction of sp³-hybridized carbons (Fsp3) is 0.722. The molecule has 0 aliphatic heterocycles. The lowest BCUT2D eigenvalue weighted by molar-refractivity contribution is -0.144. The zero-order valence-electron chi connectivity index (χ0n) is 17.4. The highest BCUT2D eigenvalue weighted by molar-refractivity contribution is 5.93. The Morgan fingerprint density at radius 3 is 1.86 bits per heavy atom. The van der Waals surface area contributed by atoms with Crippen molar-refractivity contribution in [3.8, 4) is 0 Å². The maximum atomic E-state index is 12.6. The largest absolute Gasteiger partial charge is 0.480 e. The summed E-state index contributed by atoms with van der Waals surface area (Å²) < 4.78 is 0. The topological polar surface area (TPSA) is 194 Å². The van der Waals surface area contributed by atoms with E-state index in [1.54, 1.807) is 13.8 Å². The van der Waals surface area contributed by atoms with E-state index in [9.17, 15) is 29.1 Å². The number of rotatable bonds is 13. The van der Waals surface area contributed by atoms with Gasteiger partial charge in [-0.25, -0.2) is 4.79 Å². The Morgan fingerprint density at radius 2 is 1.41 bits per heavy atom. The average molecular weight is 415 g/mol. The molecule has 29 heavy (non-hydrogen) atoms. The fourth-order valence-electron chi connectivity index (χ4n) is 2.46. The van der Waals surface area contributed by atoms with Crippen LogP contribution in [0.2, 0.25) is 0 Å². The molecule has 11 heteroatoms. The standard InChI is InChI=1S/C18H33N5O6/c1-5-9(3)14(17(27)23-15(18(28)29)10(4)6-2)22-13(25)8-21-16(26)11(19)7-12(20)24/h9-11,14-15H,5-8,19H2,1-4H3,(H2,20,24)(H,21,26)(H,22,25)(H,23,27)(H,28,29). The summed E-state index contributed by atoms with van der Waals surface area (Å²) in [5.74, 6) is -4.48. The summed E-state index contributed by atoms with van der Waals surface area (Å²) in [6.45, 7) is 6.63. The number of nitrogens with two attached hydrogens (primary N) is 2. The van der Waals surface area contributed by atoms with Crippen LogP contribution in [0.1, 0.15) is 47.0 Å². The number of hydrogen-bond acceptors (Lipinski definition) is 6. The van der Waals surface area contributed by atoms with Crippen molar-refractivity contribution < 1.29 is 29.1 Å². The van der Waals surface area contributed by atoms with Gasteiger partial charge in [-0.15, -0.1) is 0 Å². The molecule has 0 aromatic carbocycles. The van der Waals surface area contributed by atoms with Gasteiger partial charge in [-0.3, -0.25) is 19.2 Å².